The average molecular weight is 185 g/mol. The van der Waals surface area contributed by atoms with Gasteiger partial charge in [0.05, 0.1) is 6.54 Å². The molecule has 0 bridgehead atoms. The van der Waals surface area contributed by atoms with Gasteiger partial charge in [-0.3, -0.25) is 4.79 Å². The SMILES string of the molecule is CCC(CC)NCC(=O)O.[H-].[K+]. The maximum Gasteiger partial charge on any atom is 1.00 e. The van der Waals surface area contributed by atoms with Gasteiger partial charge in [0.15, 0.2) is 0 Å². The van der Waals surface area contributed by atoms with E-state index < -0.39 is 5.97 Å². The number of aliphatic carboxylic acids is 1. The van der Waals surface area contributed by atoms with E-state index >= 15 is 0 Å². The van der Waals surface area contributed by atoms with Gasteiger partial charge in [0.25, 0.3) is 0 Å². The standard InChI is InChI=1S/C7H15NO2.K.H/c1-3-6(4-2)8-5-7(9)10;;/h6,8H,3-5H2,1-2H3,(H,9,10);;/q;+1;-1. The van der Waals surface area contributed by atoms with Crippen molar-refractivity contribution in [3.8, 4) is 0 Å². The fourth-order valence-electron chi connectivity index (χ4n) is 0.809. The quantitative estimate of drug-likeness (QED) is 0.486. The molecule has 4 heteroatoms. The van der Waals surface area contributed by atoms with Crippen LogP contribution in [0.25, 0.3) is 0 Å². The van der Waals surface area contributed by atoms with Crippen molar-refractivity contribution < 1.29 is 62.7 Å². The first-order valence-electron chi connectivity index (χ1n) is 3.65. The van der Waals surface area contributed by atoms with Crippen LogP contribution in [0, 0.1) is 0 Å². The largest absolute Gasteiger partial charge is 1.00 e. The summed E-state index contributed by atoms with van der Waals surface area (Å²) in [4.78, 5) is 10.1. The molecular weight excluding hydrogens is 169 g/mol. The Morgan fingerprint density at radius 2 is 2.00 bits per heavy atom. The molecule has 0 aromatic rings. The van der Waals surface area contributed by atoms with E-state index in [2.05, 4.69) is 5.32 Å². The Morgan fingerprint density at radius 3 is 2.27 bits per heavy atom. The first kappa shape index (κ1) is 14.6. The van der Waals surface area contributed by atoms with Crippen LogP contribution < -0.4 is 56.7 Å². The summed E-state index contributed by atoms with van der Waals surface area (Å²) in [5.74, 6) is -0.785. The molecule has 0 aliphatic carbocycles. The van der Waals surface area contributed by atoms with Crippen LogP contribution in [0.5, 0.6) is 0 Å². The van der Waals surface area contributed by atoms with Crippen LogP contribution in [-0.4, -0.2) is 23.7 Å². The van der Waals surface area contributed by atoms with Crippen molar-refractivity contribution in [1.29, 1.82) is 0 Å². The first-order chi connectivity index (χ1) is 4.70. The Morgan fingerprint density at radius 1 is 1.55 bits per heavy atom. The number of carboxylic acids is 1. The molecular formula is C7H16KNO2. The second-order valence-electron chi connectivity index (χ2n) is 2.29. The minimum absolute atomic E-state index is 0. The van der Waals surface area contributed by atoms with Gasteiger partial charge in [-0.05, 0) is 12.8 Å². The Bertz CT molecular complexity index is 110. The normalized spacial score (nSPS) is 9.36. The van der Waals surface area contributed by atoms with E-state index in [0.29, 0.717) is 6.04 Å². The summed E-state index contributed by atoms with van der Waals surface area (Å²) in [7, 11) is 0. The second-order valence-corrected chi connectivity index (χ2v) is 2.29. The van der Waals surface area contributed by atoms with E-state index in [4.69, 9.17) is 5.11 Å². The first-order valence-corrected chi connectivity index (χ1v) is 3.65. The molecule has 0 aliphatic heterocycles. The summed E-state index contributed by atoms with van der Waals surface area (Å²) in [5.41, 5.74) is 0. The Hall–Kier alpha value is 1.07. The van der Waals surface area contributed by atoms with Gasteiger partial charge in [-0.1, -0.05) is 13.8 Å². The van der Waals surface area contributed by atoms with Crippen LogP contribution >= 0.6 is 0 Å². The maximum atomic E-state index is 10.1. The number of carboxylic acid groups (broad SMARTS) is 1. The molecule has 0 unspecified atom stereocenters. The predicted molar refractivity (Wildman–Crippen MR) is 41.1 cm³/mol. The van der Waals surface area contributed by atoms with Crippen molar-refractivity contribution in [3.63, 3.8) is 0 Å². The summed E-state index contributed by atoms with van der Waals surface area (Å²) in [5, 5.41) is 11.2. The summed E-state index contributed by atoms with van der Waals surface area (Å²) >= 11 is 0. The Balaban J connectivity index is -0.000000405. The molecule has 0 aliphatic rings. The molecule has 0 saturated carbocycles. The zero-order valence-electron chi connectivity index (χ0n) is 8.55. The van der Waals surface area contributed by atoms with Crippen LogP contribution in [0.1, 0.15) is 28.1 Å². The fourth-order valence-corrected chi connectivity index (χ4v) is 0.809. The molecule has 0 atom stereocenters. The Kier molecular flexibility index (Phi) is 12.1. The molecule has 0 fully saturated rings. The van der Waals surface area contributed by atoms with E-state index in [1.54, 1.807) is 0 Å². The zero-order chi connectivity index (χ0) is 7.98. The average Bonchev–Trinajstić information content (AvgIpc) is 1.90. The van der Waals surface area contributed by atoms with E-state index in [9.17, 15) is 4.79 Å². The van der Waals surface area contributed by atoms with E-state index in [1.165, 1.54) is 0 Å². The molecule has 2 N–H and O–H groups in total. The third-order valence-corrected chi connectivity index (χ3v) is 1.53. The number of hydrogen-bond acceptors (Lipinski definition) is 2. The molecule has 11 heavy (non-hydrogen) atoms. The molecule has 62 valence electrons. The van der Waals surface area contributed by atoms with Crippen molar-refractivity contribution in [2.75, 3.05) is 6.54 Å². The second kappa shape index (κ2) is 9.16. The number of nitrogens with one attached hydrogen (secondary N) is 1. The summed E-state index contributed by atoms with van der Waals surface area (Å²) in [6, 6.07) is 0.357. The van der Waals surface area contributed by atoms with Gasteiger partial charge < -0.3 is 11.8 Å². The summed E-state index contributed by atoms with van der Waals surface area (Å²) in [6.07, 6.45) is 1.98. The van der Waals surface area contributed by atoms with Crippen molar-refractivity contribution >= 4 is 5.97 Å². The minimum atomic E-state index is -0.785. The van der Waals surface area contributed by atoms with Gasteiger partial charge in [0.1, 0.15) is 0 Å². The van der Waals surface area contributed by atoms with Gasteiger partial charge in [-0.15, -0.1) is 0 Å². The number of carbonyl (C=O) groups is 1. The molecule has 0 heterocycles. The zero-order valence-corrected chi connectivity index (χ0v) is 10.7. The maximum absolute atomic E-state index is 10.1. The van der Waals surface area contributed by atoms with Crippen molar-refractivity contribution in [2.45, 2.75) is 32.7 Å². The van der Waals surface area contributed by atoms with Crippen LogP contribution in [-0.2, 0) is 4.79 Å². The monoisotopic (exact) mass is 185 g/mol. The third-order valence-electron chi connectivity index (χ3n) is 1.53. The van der Waals surface area contributed by atoms with Crippen molar-refractivity contribution in [2.24, 2.45) is 0 Å². The van der Waals surface area contributed by atoms with Crippen LogP contribution in [0.3, 0.4) is 0 Å². The molecule has 3 nitrogen and oxygen atoms in total. The fraction of sp³-hybridized carbons (Fsp3) is 0.857. The van der Waals surface area contributed by atoms with Crippen molar-refractivity contribution in [1.82, 2.24) is 5.32 Å². The van der Waals surface area contributed by atoms with Gasteiger partial charge in [-0.2, -0.15) is 0 Å². The minimum Gasteiger partial charge on any atom is -1.00 e. The topological polar surface area (TPSA) is 49.3 Å². The smallest absolute Gasteiger partial charge is 1.00 e. The Labute approximate surface area is 112 Å². The van der Waals surface area contributed by atoms with E-state index in [1.807, 2.05) is 13.8 Å². The van der Waals surface area contributed by atoms with Crippen LogP contribution in [0.4, 0.5) is 0 Å². The van der Waals surface area contributed by atoms with Crippen LogP contribution in [0.15, 0.2) is 0 Å². The van der Waals surface area contributed by atoms with Gasteiger partial charge in [0, 0.05) is 6.04 Å². The number of hydrogen-bond donors (Lipinski definition) is 2. The predicted octanol–water partition coefficient (Wildman–Crippen LogP) is -2.03. The summed E-state index contributed by atoms with van der Waals surface area (Å²) in [6.45, 7) is 4.17. The molecule has 0 radical (unpaired) electrons. The van der Waals surface area contributed by atoms with E-state index in [0.717, 1.165) is 12.8 Å². The molecule has 0 amide bonds. The van der Waals surface area contributed by atoms with E-state index in [-0.39, 0.29) is 59.4 Å². The molecule has 0 aromatic heterocycles. The third kappa shape index (κ3) is 8.98. The van der Waals surface area contributed by atoms with Gasteiger partial charge in [-0.25, -0.2) is 0 Å². The van der Waals surface area contributed by atoms with Gasteiger partial charge in [0.2, 0.25) is 0 Å². The number of rotatable bonds is 5. The van der Waals surface area contributed by atoms with Crippen molar-refractivity contribution in [3.05, 3.63) is 0 Å². The molecule has 0 rings (SSSR count). The summed E-state index contributed by atoms with van der Waals surface area (Å²) < 4.78 is 0. The van der Waals surface area contributed by atoms with Gasteiger partial charge >= 0.3 is 57.4 Å². The molecule has 0 aromatic carbocycles. The molecule has 0 spiro atoms. The molecule has 0 saturated heterocycles. The van der Waals surface area contributed by atoms with Crippen LogP contribution in [0.2, 0.25) is 0 Å².